The van der Waals surface area contributed by atoms with Gasteiger partial charge in [-0.3, -0.25) is 4.79 Å². The molecule has 5 nitrogen and oxygen atoms in total. The minimum atomic E-state index is -3.33. The molecule has 0 radical (unpaired) electrons. The van der Waals surface area contributed by atoms with Crippen molar-refractivity contribution in [3.63, 3.8) is 0 Å². The molecule has 0 heterocycles. The zero-order valence-electron chi connectivity index (χ0n) is 12.8. The number of unbranched alkanes of at least 4 members (excludes halogenated alkanes) is 1. The van der Waals surface area contributed by atoms with Crippen molar-refractivity contribution in [2.45, 2.75) is 44.0 Å². The monoisotopic (exact) mass is 312 g/mol. The second kappa shape index (κ2) is 7.56. The van der Waals surface area contributed by atoms with Crippen LogP contribution in [-0.2, 0) is 9.84 Å². The Morgan fingerprint density at radius 2 is 2.05 bits per heavy atom. The molecule has 0 spiro atoms. The summed E-state index contributed by atoms with van der Waals surface area (Å²) in [6.07, 6.45) is 3.98. The summed E-state index contributed by atoms with van der Waals surface area (Å²) >= 11 is 0. The van der Waals surface area contributed by atoms with Gasteiger partial charge in [0.1, 0.15) is 0 Å². The smallest absolute Gasteiger partial charge is 0.251 e. The zero-order valence-corrected chi connectivity index (χ0v) is 13.7. The highest BCUT2D eigenvalue weighted by Crippen LogP contribution is 2.16. The van der Waals surface area contributed by atoms with Crippen LogP contribution in [0, 0.1) is 6.92 Å². The summed E-state index contributed by atoms with van der Waals surface area (Å²) in [5.41, 5.74) is 6.79. The van der Waals surface area contributed by atoms with Crippen molar-refractivity contribution in [3.05, 3.63) is 29.3 Å². The highest BCUT2D eigenvalue weighted by molar-refractivity contribution is 7.90. The summed E-state index contributed by atoms with van der Waals surface area (Å²) in [6, 6.07) is 4.50. The summed E-state index contributed by atoms with van der Waals surface area (Å²) in [4.78, 5) is 12.5. The first-order chi connectivity index (χ1) is 9.79. The van der Waals surface area contributed by atoms with E-state index in [2.05, 4.69) is 12.2 Å². The Morgan fingerprint density at radius 1 is 1.38 bits per heavy atom. The van der Waals surface area contributed by atoms with Crippen LogP contribution < -0.4 is 11.1 Å². The van der Waals surface area contributed by atoms with Crippen molar-refractivity contribution in [3.8, 4) is 0 Å². The average molecular weight is 312 g/mol. The molecule has 1 aromatic rings. The fourth-order valence-corrected chi connectivity index (χ4v) is 2.69. The molecule has 1 rings (SSSR count). The van der Waals surface area contributed by atoms with Crippen LogP contribution >= 0.6 is 0 Å². The van der Waals surface area contributed by atoms with Gasteiger partial charge in [-0.2, -0.15) is 0 Å². The standard InChI is InChI=1S/C15H24N2O3S/c1-4-5-6-12(10-16)17-15(18)14-9-13(21(3,19)20)8-7-11(14)2/h7-9,12H,4-6,10,16H2,1-3H3,(H,17,18). The number of rotatable bonds is 7. The highest BCUT2D eigenvalue weighted by atomic mass is 32.2. The molecule has 1 aromatic carbocycles. The third kappa shape index (κ3) is 5.13. The number of sulfone groups is 1. The highest BCUT2D eigenvalue weighted by Gasteiger charge is 2.17. The molecular formula is C15H24N2O3S. The Morgan fingerprint density at radius 3 is 2.57 bits per heavy atom. The van der Waals surface area contributed by atoms with Gasteiger partial charge in [0, 0.05) is 24.4 Å². The van der Waals surface area contributed by atoms with Gasteiger partial charge in [0.05, 0.1) is 4.90 Å². The molecule has 0 aromatic heterocycles. The van der Waals surface area contributed by atoms with Crippen LogP contribution in [0.5, 0.6) is 0 Å². The topological polar surface area (TPSA) is 89.3 Å². The van der Waals surface area contributed by atoms with Crippen LogP contribution in [0.4, 0.5) is 0 Å². The molecule has 0 aliphatic carbocycles. The van der Waals surface area contributed by atoms with Crippen molar-refractivity contribution in [2.75, 3.05) is 12.8 Å². The number of carbonyl (C=O) groups is 1. The van der Waals surface area contributed by atoms with Gasteiger partial charge in [-0.25, -0.2) is 8.42 Å². The normalized spacial score (nSPS) is 13.0. The summed E-state index contributed by atoms with van der Waals surface area (Å²) in [6.45, 7) is 4.23. The predicted molar refractivity (Wildman–Crippen MR) is 84.1 cm³/mol. The molecule has 118 valence electrons. The lowest BCUT2D eigenvalue weighted by molar-refractivity contribution is 0.0935. The van der Waals surface area contributed by atoms with E-state index >= 15 is 0 Å². The van der Waals surface area contributed by atoms with Crippen LogP contribution in [0.1, 0.15) is 42.1 Å². The molecule has 0 bridgehead atoms. The van der Waals surface area contributed by atoms with Crippen LogP contribution in [-0.4, -0.2) is 33.2 Å². The van der Waals surface area contributed by atoms with E-state index in [1.165, 1.54) is 12.1 Å². The number of nitrogens with one attached hydrogen (secondary N) is 1. The Bertz CT molecular complexity index is 597. The largest absolute Gasteiger partial charge is 0.348 e. The third-order valence-corrected chi connectivity index (χ3v) is 4.52. The van der Waals surface area contributed by atoms with E-state index in [4.69, 9.17) is 5.73 Å². The zero-order chi connectivity index (χ0) is 16.0. The van der Waals surface area contributed by atoms with Gasteiger partial charge >= 0.3 is 0 Å². The maximum absolute atomic E-state index is 12.3. The minimum absolute atomic E-state index is 0.0845. The van der Waals surface area contributed by atoms with Gasteiger partial charge in [0.2, 0.25) is 0 Å². The number of hydrogen-bond donors (Lipinski definition) is 2. The Labute approximate surface area is 126 Å². The molecular weight excluding hydrogens is 288 g/mol. The number of carbonyl (C=O) groups excluding carboxylic acids is 1. The van der Waals surface area contributed by atoms with E-state index in [0.717, 1.165) is 31.1 Å². The van der Waals surface area contributed by atoms with E-state index in [1.807, 2.05) is 0 Å². The molecule has 0 fully saturated rings. The van der Waals surface area contributed by atoms with Crippen molar-refractivity contribution < 1.29 is 13.2 Å². The fraction of sp³-hybridized carbons (Fsp3) is 0.533. The Kier molecular flexibility index (Phi) is 6.36. The summed E-state index contributed by atoms with van der Waals surface area (Å²) in [5, 5.41) is 2.88. The van der Waals surface area contributed by atoms with Crippen molar-refractivity contribution in [2.24, 2.45) is 5.73 Å². The molecule has 3 N–H and O–H groups in total. The van der Waals surface area contributed by atoms with Gasteiger partial charge in [-0.1, -0.05) is 25.8 Å². The maximum Gasteiger partial charge on any atom is 0.251 e. The van der Waals surface area contributed by atoms with Gasteiger partial charge in [-0.05, 0) is 31.0 Å². The van der Waals surface area contributed by atoms with Crippen molar-refractivity contribution >= 4 is 15.7 Å². The summed E-state index contributed by atoms with van der Waals surface area (Å²) < 4.78 is 23.2. The number of aryl methyl sites for hydroxylation is 1. The van der Waals surface area contributed by atoms with Gasteiger partial charge in [0.15, 0.2) is 9.84 Å². The number of benzene rings is 1. The Balaban J connectivity index is 2.96. The first kappa shape index (κ1) is 17.7. The van der Waals surface area contributed by atoms with Crippen LogP contribution in [0.3, 0.4) is 0 Å². The molecule has 1 atom stereocenters. The lowest BCUT2D eigenvalue weighted by Gasteiger charge is -2.17. The molecule has 21 heavy (non-hydrogen) atoms. The van der Waals surface area contributed by atoms with E-state index in [9.17, 15) is 13.2 Å². The molecule has 6 heteroatoms. The van der Waals surface area contributed by atoms with Gasteiger partial charge in [0.25, 0.3) is 5.91 Å². The predicted octanol–water partition coefficient (Wildman–Crippen LogP) is 1.65. The first-order valence-corrected chi connectivity index (χ1v) is 9.00. The number of hydrogen-bond acceptors (Lipinski definition) is 4. The molecule has 0 aliphatic rings. The maximum atomic E-state index is 12.3. The molecule has 1 unspecified atom stereocenters. The first-order valence-electron chi connectivity index (χ1n) is 7.11. The second-order valence-corrected chi connectivity index (χ2v) is 7.31. The van der Waals surface area contributed by atoms with Crippen LogP contribution in [0.25, 0.3) is 0 Å². The number of nitrogens with two attached hydrogens (primary N) is 1. The molecule has 0 aliphatic heterocycles. The number of amides is 1. The molecule has 1 amide bonds. The lowest BCUT2D eigenvalue weighted by Crippen LogP contribution is -2.40. The SMILES string of the molecule is CCCCC(CN)NC(=O)c1cc(S(C)(=O)=O)ccc1C. The van der Waals surface area contributed by atoms with E-state index in [0.29, 0.717) is 12.1 Å². The fourth-order valence-electron chi connectivity index (χ4n) is 2.04. The quantitative estimate of drug-likeness (QED) is 0.801. The van der Waals surface area contributed by atoms with Gasteiger partial charge < -0.3 is 11.1 Å². The molecule has 0 saturated heterocycles. The van der Waals surface area contributed by atoms with Crippen molar-refractivity contribution in [1.29, 1.82) is 0 Å². The summed E-state index contributed by atoms with van der Waals surface area (Å²) in [5.74, 6) is -0.274. The van der Waals surface area contributed by atoms with Crippen LogP contribution in [0.2, 0.25) is 0 Å². The van der Waals surface area contributed by atoms with E-state index in [-0.39, 0.29) is 16.8 Å². The average Bonchev–Trinajstić information content (AvgIpc) is 2.42. The molecule has 0 saturated carbocycles. The van der Waals surface area contributed by atoms with E-state index in [1.54, 1.807) is 13.0 Å². The lowest BCUT2D eigenvalue weighted by atomic mass is 10.1. The van der Waals surface area contributed by atoms with Crippen molar-refractivity contribution in [1.82, 2.24) is 5.32 Å². The Hall–Kier alpha value is -1.40. The summed E-state index contributed by atoms with van der Waals surface area (Å²) in [7, 11) is -3.33. The second-order valence-electron chi connectivity index (χ2n) is 5.30. The minimum Gasteiger partial charge on any atom is -0.348 e. The van der Waals surface area contributed by atoms with Crippen LogP contribution in [0.15, 0.2) is 23.1 Å². The van der Waals surface area contributed by atoms with Gasteiger partial charge in [-0.15, -0.1) is 0 Å². The van der Waals surface area contributed by atoms with E-state index < -0.39 is 9.84 Å². The third-order valence-electron chi connectivity index (χ3n) is 3.41.